The third kappa shape index (κ3) is 1.94. The van der Waals surface area contributed by atoms with Gasteiger partial charge < -0.3 is 0 Å². The number of pyridine rings is 1. The van der Waals surface area contributed by atoms with Gasteiger partial charge in [0.05, 0.1) is 5.69 Å². The molecule has 2 heterocycles. The molecule has 0 unspecified atom stereocenters. The van der Waals surface area contributed by atoms with Crippen molar-refractivity contribution in [3.05, 3.63) is 36.3 Å². The molecule has 2 aromatic heterocycles. The van der Waals surface area contributed by atoms with Crippen LogP contribution in [-0.4, -0.2) is 14.8 Å². The van der Waals surface area contributed by atoms with Gasteiger partial charge in [0.2, 0.25) is 0 Å². The largest absolute Gasteiger partial charge is 0.265 e. The lowest BCUT2D eigenvalue weighted by atomic mass is 10.2. The van der Waals surface area contributed by atoms with Gasteiger partial charge in [0, 0.05) is 29.6 Å². The van der Waals surface area contributed by atoms with E-state index in [1.165, 1.54) is 18.5 Å². The van der Waals surface area contributed by atoms with E-state index in [1.807, 2.05) is 16.8 Å². The van der Waals surface area contributed by atoms with Crippen LogP contribution in [0.3, 0.4) is 0 Å². The minimum absolute atomic E-state index is 0.552. The van der Waals surface area contributed by atoms with Crippen LogP contribution in [-0.2, 0) is 6.54 Å². The van der Waals surface area contributed by atoms with E-state index in [0.29, 0.717) is 12.5 Å². The minimum atomic E-state index is 0.552. The number of hydrogen-bond donors (Lipinski definition) is 0. The van der Waals surface area contributed by atoms with Crippen molar-refractivity contribution in [2.75, 3.05) is 0 Å². The van der Waals surface area contributed by atoms with Crippen LogP contribution in [0.2, 0.25) is 0 Å². The number of terminal acetylenes is 1. The molecule has 0 amide bonds. The van der Waals surface area contributed by atoms with Crippen molar-refractivity contribution in [2.45, 2.75) is 25.3 Å². The molecule has 0 aromatic carbocycles. The molecule has 1 saturated carbocycles. The van der Waals surface area contributed by atoms with Gasteiger partial charge in [0.15, 0.2) is 0 Å². The standard InChI is InChI=1S/C14H13N3/c1-2-9-17-14(12-3-4-12)10-13(16-17)11-5-7-15-8-6-11/h1,5-8,10,12H,3-4,9H2. The summed E-state index contributed by atoms with van der Waals surface area (Å²) < 4.78 is 1.95. The van der Waals surface area contributed by atoms with E-state index >= 15 is 0 Å². The van der Waals surface area contributed by atoms with Crippen LogP contribution in [0.25, 0.3) is 11.3 Å². The van der Waals surface area contributed by atoms with Crippen molar-refractivity contribution in [2.24, 2.45) is 0 Å². The predicted octanol–water partition coefficient (Wildman–Crippen LogP) is 2.46. The molecule has 0 atom stereocenters. The molecule has 1 aliphatic carbocycles. The lowest BCUT2D eigenvalue weighted by Gasteiger charge is -2.00. The molecular weight excluding hydrogens is 210 g/mol. The highest BCUT2D eigenvalue weighted by Gasteiger charge is 2.28. The van der Waals surface area contributed by atoms with Crippen LogP contribution in [0, 0.1) is 12.3 Å². The van der Waals surface area contributed by atoms with Crippen LogP contribution < -0.4 is 0 Å². The zero-order valence-electron chi connectivity index (χ0n) is 9.50. The Labute approximate surface area is 100 Å². The smallest absolute Gasteiger partial charge is 0.102 e. The molecule has 3 heteroatoms. The molecule has 0 radical (unpaired) electrons. The maximum atomic E-state index is 5.38. The average Bonchev–Trinajstić information content (AvgIpc) is 3.13. The summed E-state index contributed by atoms with van der Waals surface area (Å²) in [6.07, 6.45) is 11.5. The fourth-order valence-corrected chi connectivity index (χ4v) is 2.02. The third-order valence-electron chi connectivity index (χ3n) is 3.02. The van der Waals surface area contributed by atoms with Crippen molar-refractivity contribution < 1.29 is 0 Å². The Bertz CT molecular complexity index is 559. The highest BCUT2D eigenvalue weighted by molar-refractivity contribution is 5.58. The normalized spacial score (nSPS) is 14.5. The zero-order chi connectivity index (χ0) is 11.7. The molecule has 0 bridgehead atoms. The maximum absolute atomic E-state index is 5.38. The van der Waals surface area contributed by atoms with Crippen molar-refractivity contribution in [1.82, 2.24) is 14.8 Å². The SMILES string of the molecule is C#CCn1nc(-c2ccncc2)cc1C1CC1. The minimum Gasteiger partial charge on any atom is -0.265 e. The summed E-state index contributed by atoms with van der Waals surface area (Å²) in [5.74, 6) is 3.32. The van der Waals surface area contributed by atoms with Crippen molar-refractivity contribution >= 4 is 0 Å². The molecule has 0 saturated heterocycles. The van der Waals surface area contributed by atoms with Crippen LogP contribution in [0.5, 0.6) is 0 Å². The van der Waals surface area contributed by atoms with E-state index < -0.39 is 0 Å². The summed E-state index contributed by atoms with van der Waals surface area (Å²) in [4.78, 5) is 4.02. The predicted molar refractivity (Wildman–Crippen MR) is 66.3 cm³/mol. The van der Waals surface area contributed by atoms with E-state index in [2.05, 4.69) is 22.1 Å². The van der Waals surface area contributed by atoms with E-state index in [-0.39, 0.29) is 0 Å². The molecule has 3 rings (SSSR count). The monoisotopic (exact) mass is 223 g/mol. The van der Waals surface area contributed by atoms with Gasteiger partial charge in [-0.25, -0.2) is 0 Å². The second kappa shape index (κ2) is 4.06. The average molecular weight is 223 g/mol. The number of rotatable bonds is 3. The highest BCUT2D eigenvalue weighted by atomic mass is 15.3. The van der Waals surface area contributed by atoms with Crippen LogP contribution >= 0.6 is 0 Å². The fraction of sp³-hybridized carbons (Fsp3) is 0.286. The molecule has 1 aliphatic rings. The lowest BCUT2D eigenvalue weighted by molar-refractivity contribution is 0.672. The summed E-state index contributed by atoms with van der Waals surface area (Å²) in [6, 6.07) is 6.10. The first-order valence-corrected chi connectivity index (χ1v) is 5.80. The molecule has 17 heavy (non-hydrogen) atoms. The molecule has 2 aromatic rings. The first kappa shape index (κ1) is 10.1. The van der Waals surface area contributed by atoms with Gasteiger partial charge >= 0.3 is 0 Å². The molecule has 0 spiro atoms. The Hall–Kier alpha value is -2.08. The number of nitrogens with zero attached hydrogens (tertiary/aromatic N) is 3. The van der Waals surface area contributed by atoms with E-state index in [4.69, 9.17) is 6.42 Å². The Kier molecular flexibility index (Phi) is 2.41. The zero-order valence-corrected chi connectivity index (χ0v) is 9.50. The summed E-state index contributed by atoms with van der Waals surface area (Å²) >= 11 is 0. The van der Waals surface area contributed by atoms with E-state index in [1.54, 1.807) is 12.4 Å². The Morgan fingerprint density at radius 3 is 2.76 bits per heavy atom. The first-order chi connectivity index (χ1) is 8.38. The molecule has 3 nitrogen and oxygen atoms in total. The topological polar surface area (TPSA) is 30.7 Å². The quantitative estimate of drug-likeness (QED) is 0.748. The molecule has 84 valence electrons. The van der Waals surface area contributed by atoms with Gasteiger partial charge in [-0.15, -0.1) is 6.42 Å². The number of hydrogen-bond acceptors (Lipinski definition) is 2. The second-order valence-corrected chi connectivity index (χ2v) is 4.33. The van der Waals surface area contributed by atoms with Crippen LogP contribution in [0.15, 0.2) is 30.6 Å². The van der Waals surface area contributed by atoms with Crippen molar-refractivity contribution in [3.63, 3.8) is 0 Å². The van der Waals surface area contributed by atoms with Gasteiger partial charge in [0.1, 0.15) is 6.54 Å². The van der Waals surface area contributed by atoms with E-state index in [0.717, 1.165) is 11.3 Å². The van der Waals surface area contributed by atoms with Crippen molar-refractivity contribution in [1.29, 1.82) is 0 Å². The van der Waals surface area contributed by atoms with Gasteiger partial charge in [-0.2, -0.15) is 5.10 Å². The molecule has 0 N–H and O–H groups in total. The van der Waals surface area contributed by atoms with Crippen LogP contribution in [0.4, 0.5) is 0 Å². The molecule has 1 fully saturated rings. The Morgan fingerprint density at radius 2 is 2.12 bits per heavy atom. The van der Waals surface area contributed by atoms with Crippen molar-refractivity contribution in [3.8, 4) is 23.6 Å². The maximum Gasteiger partial charge on any atom is 0.102 e. The van der Waals surface area contributed by atoms with Gasteiger partial charge in [-0.05, 0) is 31.0 Å². The molecular formula is C14H13N3. The summed E-state index contributed by atoms with van der Waals surface area (Å²) in [5, 5.41) is 4.58. The number of aromatic nitrogens is 3. The fourth-order valence-electron chi connectivity index (χ4n) is 2.02. The van der Waals surface area contributed by atoms with E-state index in [9.17, 15) is 0 Å². The first-order valence-electron chi connectivity index (χ1n) is 5.80. The second-order valence-electron chi connectivity index (χ2n) is 4.33. The Balaban J connectivity index is 2.01. The van der Waals surface area contributed by atoms with Crippen LogP contribution in [0.1, 0.15) is 24.5 Å². The summed E-state index contributed by atoms with van der Waals surface area (Å²) in [6.45, 7) is 0.552. The summed E-state index contributed by atoms with van der Waals surface area (Å²) in [5.41, 5.74) is 3.36. The Morgan fingerprint density at radius 1 is 1.35 bits per heavy atom. The van der Waals surface area contributed by atoms with Gasteiger partial charge in [-0.3, -0.25) is 9.67 Å². The molecule has 0 aliphatic heterocycles. The van der Waals surface area contributed by atoms with Gasteiger partial charge in [-0.1, -0.05) is 5.92 Å². The third-order valence-corrected chi connectivity index (χ3v) is 3.02. The lowest BCUT2D eigenvalue weighted by Crippen LogP contribution is -2.02. The summed E-state index contributed by atoms with van der Waals surface area (Å²) in [7, 11) is 0. The van der Waals surface area contributed by atoms with Gasteiger partial charge in [0.25, 0.3) is 0 Å². The highest BCUT2D eigenvalue weighted by Crippen LogP contribution is 2.41.